The molecule has 41 heavy (non-hydrogen) atoms. The lowest BCUT2D eigenvalue weighted by molar-refractivity contribution is -0.141. The van der Waals surface area contributed by atoms with E-state index < -0.39 is 41.4 Å². The van der Waals surface area contributed by atoms with Crippen molar-refractivity contribution in [2.24, 2.45) is 0 Å². The highest BCUT2D eigenvalue weighted by Crippen LogP contribution is 2.21. The summed E-state index contributed by atoms with van der Waals surface area (Å²) < 4.78 is 25.1. The standard InChI is InChI=1S/C31H31FN2O7/c1-19-5-7-20(8-6-19)10-16-27(35)34-25(28(36)37)18-21-9-15-26(24(32)17-21)40-29(38)22-11-13-23(14-12-22)33-30(39)41-31(2,3)4/h5-17,25H,18H2,1-4H3,(H,33,39)(H,34,35)(H,36,37)/b16-10+. The number of halogens is 1. The highest BCUT2D eigenvalue weighted by Gasteiger charge is 2.21. The van der Waals surface area contributed by atoms with Gasteiger partial charge in [-0.2, -0.15) is 0 Å². The van der Waals surface area contributed by atoms with E-state index in [2.05, 4.69) is 10.6 Å². The maximum absolute atomic E-state index is 14.7. The van der Waals surface area contributed by atoms with Crippen LogP contribution in [0.2, 0.25) is 0 Å². The average Bonchev–Trinajstić information content (AvgIpc) is 2.88. The van der Waals surface area contributed by atoms with E-state index in [-0.39, 0.29) is 23.3 Å². The number of carbonyl (C=O) groups is 4. The topological polar surface area (TPSA) is 131 Å². The van der Waals surface area contributed by atoms with Gasteiger partial charge in [0.15, 0.2) is 11.6 Å². The van der Waals surface area contributed by atoms with E-state index in [1.165, 1.54) is 42.5 Å². The van der Waals surface area contributed by atoms with Crippen LogP contribution >= 0.6 is 0 Å². The fourth-order valence-corrected chi connectivity index (χ4v) is 3.53. The van der Waals surface area contributed by atoms with E-state index in [4.69, 9.17) is 9.47 Å². The summed E-state index contributed by atoms with van der Waals surface area (Å²) in [5.41, 5.74) is 1.93. The third-order valence-electron chi connectivity index (χ3n) is 5.52. The molecule has 0 spiro atoms. The number of hydrogen-bond acceptors (Lipinski definition) is 6. The number of carboxylic acids is 1. The molecule has 9 nitrogen and oxygen atoms in total. The number of aliphatic carboxylic acids is 1. The molecule has 0 bridgehead atoms. The molecule has 1 atom stereocenters. The van der Waals surface area contributed by atoms with Crippen LogP contribution in [0.15, 0.2) is 72.8 Å². The Morgan fingerprint density at radius 3 is 2.22 bits per heavy atom. The minimum Gasteiger partial charge on any atom is -0.480 e. The molecular weight excluding hydrogens is 531 g/mol. The lowest BCUT2D eigenvalue weighted by Crippen LogP contribution is -2.41. The summed E-state index contributed by atoms with van der Waals surface area (Å²) in [4.78, 5) is 48.4. The fourth-order valence-electron chi connectivity index (χ4n) is 3.53. The molecule has 0 aromatic heterocycles. The van der Waals surface area contributed by atoms with Crippen LogP contribution in [0.1, 0.15) is 47.8 Å². The quantitative estimate of drug-likeness (QED) is 0.178. The first kappa shape index (κ1) is 30.6. The van der Waals surface area contributed by atoms with Crippen LogP contribution in [0, 0.1) is 12.7 Å². The van der Waals surface area contributed by atoms with Crippen molar-refractivity contribution in [2.45, 2.75) is 45.8 Å². The Kier molecular flexibility index (Phi) is 9.97. The zero-order valence-corrected chi connectivity index (χ0v) is 23.1. The lowest BCUT2D eigenvalue weighted by atomic mass is 10.1. The number of carboxylic acid groups (broad SMARTS) is 1. The fraction of sp³-hybridized carbons (Fsp3) is 0.226. The number of ether oxygens (including phenoxy) is 2. The van der Waals surface area contributed by atoms with Crippen LogP contribution in [-0.4, -0.2) is 40.7 Å². The summed E-state index contributed by atoms with van der Waals surface area (Å²) in [5.74, 6) is -3.98. The van der Waals surface area contributed by atoms with Crippen LogP contribution in [0.3, 0.4) is 0 Å². The van der Waals surface area contributed by atoms with Crippen molar-refractivity contribution in [3.63, 3.8) is 0 Å². The zero-order chi connectivity index (χ0) is 30.2. The molecule has 10 heteroatoms. The number of anilines is 1. The molecular formula is C31H31FN2O7. The van der Waals surface area contributed by atoms with Gasteiger partial charge in [-0.05, 0) is 81.3 Å². The smallest absolute Gasteiger partial charge is 0.412 e. The summed E-state index contributed by atoms with van der Waals surface area (Å²) in [6.45, 7) is 7.12. The predicted molar refractivity (Wildman–Crippen MR) is 151 cm³/mol. The summed E-state index contributed by atoms with van der Waals surface area (Å²) in [6.07, 6.45) is 1.93. The second kappa shape index (κ2) is 13.4. The van der Waals surface area contributed by atoms with Gasteiger partial charge >= 0.3 is 18.0 Å². The number of esters is 1. The average molecular weight is 563 g/mol. The minimum atomic E-state index is -1.31. The molecule has 3 N–H and O–H groups in total. The Labute approximate surface area is 237 Å². The molecule has 0 heterocycles. The molecule has 1 unspecified atom stereocenters. The van der Waals surface area contributed by atoms with Gasteiger partial charge in [-0.25, -0.2) is 18.8 Å². The number of benzene rings is 3. The number of amides is 2. The third-order valence-corrected chi connectivity index (χ3v) is 5.52. The van der Waals surface area contributed by atoms with Crippen LogP contribution in [0.5, 0.6) is 5.75 Å². The summed E-state index contributed by atoms with van der Waals surface area (Å²) in [6, 6.07) is 15.5. The van der Waals surface area contributed by atoms with E-state index in [1.807, 2.05) is 31.2 Å². The van der Waals surface area contributed by atoms with Crippen molar-refractivity contribution >= 4 is 35.7 Å². The highest BCUT2D eigenvalue weighted by molar-refractivity contribution is 5.94. The van der Waals surface area contributed by atoms with E-state index in [0.29, 0.717) is 5.69 Å². The summed E-state index contributed by atoms with van der Waals surface area (Å²) in [5, 5.41) is 14.5. The monoisotopic (exact) mass is 562 g/mol. The van der Waals surface area contributed by atoms with Crippen molar-refractivity contribution in [2.75, 3.05) is 5.32 Å². The minimum absolute atomic E-state index is 0.107. The van der Waals surface area contributed by atoms with E-state index in [0.717, 1.165) is 17.2 Å². The molecule has 214 valence electrons. The molecule has 3 rings (SSSR count). The maximum atomic E-state index is 14.7. The molecule has 0 saturated heterocycles. The van der Waals surface area contributed by atoms with Crippen LogP contribution in [0.25, 0.3) is 6.08 Å². The summed E-state index contributed by atoms with van der Waals surface area (Å²) in [7, 11) is 0. The number of rotatable bonds is 9. The molecule has 0 aliphatic heterocycles. The first-order valence-electron chi connectivity index (χ1n) is 12.7. The van der Waals surface area contributed by atoms with Crippen molar-refractivity contribution < 1.29 is 38.1 Å². The molecule has 2 amide bonds. The van der Waals surface area contributed by atoms with Crippen molar-refractivity contribution in [3.05, 3.63) is 101 Å². The van der Waals surface area contributed by atoms with Gasteiger partial charge in [-0.15, -0.1) is 0 Å². The Hall–Kier alpha value is -4.99. The molecule has 0 radical (unpaired) electrons. The second-order valence-electron chi connectivity index (χ2n) is 10.2. The highest BCUT2D eigenvalue weighted by atomic mass is 19.1. The first-order chi connectivity index (χ1) is 19.3. The molecule has 0 fully saturated rings. The molecule has 0 aliphatic carbocycles. The Bertz CT molecular complexity index is 1440. The van der Waals surface area contributed by atoms with E-state index in [9.17, 15) is 28.7 Å². The maximum Gasteiger partial charge on any atom is 0.412 e. The molecule has 3 aromatic carbocycles. The second-order valence-corrected chi connectivity index (χ2v) is 10.2. The lowest BCUT2D eigenvalue weighted by Gasteiger charge is -2.19. The van der Waals surface area contributed by atoms with Gasteiger partial charge in [0.2, 0.25) is 5.91 Å². The van der Waals surface area contributed by atoms with Gasteiger partial charge in [-0.1, -0.05) is 35.9 Å². The number of hydrogen-bond donors (Lipinski definition) is 3. The van der Waals surface area contributed by atoms with E-state index >= 15 is 0 Å². The third kappa shape index (κ3) is 9.92. The van der Waals surface area contributed by atoms with E-state index in [1.54, 1.807) is 26.8 Å². The Morgan fingerprint density at radius 1 is 0.976 bits per heavy atom. The Balaban J connectivity index is 1.59. The van der Waals surface area contributed by atoms with Gasteiger partial charge in [0.25, 0.3) is 0 Å². The zero-order valence-electron chi connectivity index (χ0n) is 23.1. The Morgan fingerprint density at radius 2 is 1.63 bits per heavy atom. The van der Waals surface area contributed by atoms with Gasteiger partial charge in [-0.3, -0.25) is 10.1 Å². The summed E-state index contributed by atoms with van der Waals surface area (Å²) >= 11 is 0. The van der Waals surface area contributed by atoms with Crippen LogP contribution in [0.4, 0.5) is 14.9 Å². The SMILES string of the molecule is Cc1ccc(/C=C/C(=O)NC(Cc2ccc(OC(=O)c3ccc(NC(=O)OC(C)(C)C)cc3)c(F)c2)C(=O)O)cc1. The molecule has 0 aliphatic rings. The largest absolute Gasteiger partial charge is 0.480 e. The molecule has 0 saturated carbocycles. The predicted octanol–water partition coefficient (Wildman–Crippen LogP) is 5.53. The van der Waals surface area contributed by atoms with Gasteiger partial charge in [0.1, 0.15) is 11.6 Å². The first-order valence-corrected chi connectivity index (χ1v) is 12.7. The van der Waals surface area contributed by atoms with Gasteiger partial charge < -0.3 is 19.9 Å². The van der Waals surface area contributed by atoms with Crippen molar-refractivity contribution in [1.29, 1.82) is 0 Å². The van der Waals surface area contributed by atoms with Crippen molar-refractivity contribution in [3.8, 4) is 5.75 Å². The molecule has 3 aromatic rings. The van der Waals surface area contributed by atoms with Gasteiger partial charge in [0, 0.05) is 18.2 Å². The van der Waals surface area contributed by atoms with Crippen LogP contribution < -0.4 is 15.4 Å². The number of aryl methyl sites for hydroxylation is 1. The number of carbonyl (C=O) groups excluding carboxylic acids is 3. The van der Waals surface area contributed by atoms with Crippen LogP contribution in [-0.2, 0) is 20.7 Å². The van der Waals surface area contributed by atoms with Crippen molar-refractivity contribution in [1.82, 2.24) is 5.32 Å². The number of nitrogens with one attached hydrogen (secondary N) is 2. The normalized spacial score (nSPS) is 11.9. The van der Waals surface area contributed by atoms with Gasteiger partial charge in [0.05, 0.1) is 5.56 Å².